The number of hydrogen-bond donors (Lipinski definition) is 3. The molecule has 0 bridgehead atoms. The van der Waals surface area contributed by atoms with Crippen molar-refractivity contribution in [2.75, 3.05) is 26.3 Å². The van der Waals surface area contributed by atoms with Gasteiger partial charge in [-0.1, -0.05) is 48.5 Å². The summed E-state index contributed by atoms with van der Waals surface area (Å²) < 4.78 is 11.2. The molecule has 3 N–H and O–H groups in total. The number of ether oxygens (including phenoxy) is 2. The van der Waals surface area contributed by atoms with Crippen LogP contribution in [0.15, 0.2) is 48.5 Å². The summed E-state index contributed by atoms with van der Waals surface area (Å²) in [6.45, 7) is 0.483. The second-order valence-electron chi connectivity index (χ2n) is 9.32. The Bertz CT molecular complexity index is 1090. The molecule has 4 atom stereocenters. The standard InChI is InChI=1S/C26H28N2O7/c29-16-11-15(25(31)32)12-28(13-16)24(30)23-22(9-10-34-23)27-26(33)35-14-21-19-7-3-1-5-17(19)18-6-2-4-8-20(18)21/h1-8,15-16,21-23,29H,9-14H2,(H,27,33)(H,31,32)/t15?,16?,22-,23+/m0/s1. The normalized spacial score (nSPS) is 25.6. The number of alkyl carbamates (subject to hydrolysis) is 1. The highest BCUT2D eigenvalue weighted by Crippen LogP contribution is 2.44. The van der Waals surface area contributed by atoms with Crippen molar-refractivity contribution >= 4 is 18.0 Å². The van der Waals surface area contributed by atoms with Gasteiger partial charge in [-0.15, -0.1) is 0 Å². The molecule has 184 valence electrons. The maximum absolute atomic E-state index is 13.1. The number of carboxylic acids is 1. The first-order valence-electron chi connectivity index (χ1n) is 11.8. The van der Waals surface area contributed by atoms with Gasteiger partial charge in [-0.25, -0.2) is 4.79 Å². The third-order valence-electron chi connectivity index (χ3n) is 7.07. The average molecular weight is 481 g/mol. The zero-order valence-electron chi connectivity index (χ0n) is 19.1. The summed E-state index contributed by atoms with van der Waals surface area (Å²) in [6, 6.07) is 15.5. The van der Waals surface area contributed by atoms with Crippen LogP contribution in [0.4, 0.5) is 4.79 Å². The van der Waals surface area contributed by atoms with Crippen LogP contribution in [-0.2, 0) is 19.1 Å². The number of fused-ring (bicyclic) bond motifs is 3. The minimum absolute atomic E-state index is 0.00273. The minimum atomic E-state index is -1.05. The summed E-state index contributed by atoms with van der Waals surface area (Å²) >= 11 is 0. The number of carbonyl (C=O) groups is 3. The largest absolute Gasteiger partial charge is 0.481 e. The van der Waals surface area contributed by atoms with Crippen molar-refractivity contribution in [3.8, 4) is 11.1 Å². The first kappa shape index (κ1) is 23.3. The average Bonchev–Trinajstić information content (AvgIpc) is 3.44. The van der Waals surface area contributed by atoms with E-state index in [1.54, 1.807) is 0 Å². The van der Waals surface area contributed by atoms with Gasteiger partial charge < -0.3 is 29.9 Å². The lowest BCUT2D eigenvalue weighted by molar-refractivity contribution is -0.153. The molecule has 3 aliphatic rings. The molecule has 1 aliphatic carbocycles. The molecule has 9 heteroatoms. The number of nitrogens with zero attached hydrogens (tertiary/aromatic N) is 1. The molecule has 9 nitrogen and oxygen atoms in total. The minimum Gasteiger partial charge on any atom is -0.481 e. The molecule has 0 spiro atoms. The molecular formula is C26H28N2O7. The fourth-order valence-corrected chi connectivity index (χ4v) is 5.38. The molecule has 2 aromatic carbocycles. The van der Waals surface area contributed by atoms with Gasteiger partial charge >= 0.3 is 12.1 Å². The number of hydrogen-bond acceptors (Lipinski definition) is 6. The Morgan fingerprint density at radius 1 is 1.03 bits per heavy atom. The van der Waals surface area contributed by atoms with Crippen LogP contribution in [0, 0.1) is 5.92 Å². The van der Waals surface area contributed by atoms with E-state index in [4.69, 9.17) is 9.47 Å². The molecular weight excluding hydrogens is 452 g/mol. The Kier molecular flexibility index (Phi) is 6.44. The predicted molar refractivity (Wildman–Crippen MR) is 125 cm³/mol. The van der Waals surface area contributed by atoms with E-state index in [9.17, 15) is 24.6 Å². The van der Waals surface area contributed by atoms with Crippen LogP contribution in [0.25, 0.3) is 11.1 Å². The Morgan fingerprint density at radius 3 is 2.34 bits per heavy atom. The van der Waals surface area contributed by atoms with E-state index in [-0.39, 0.29) is 38.6 Å². The summed E-state index contributed by atoms with van der Waals surface area (Å²) in [7, 11) is 0. The molecule has 2 heterocycles. The van der Waals surface area contributed by atoms with Crippen molar-refractivity contribution in [3.63, 3.8) is 0 Å². The molecule has 2 aromatic rings. The second-order valence-corrected chi connectivity index (χ2v) is 9.32. The van der Waals surface area contributed by atoms with Crippen LogP contribution in [0.2, 0.25) is 0 Å². The van der Waals surface area contributed by atoms with Gasteiger partial charge in [0.25, 0.3) is 5.91 Å². The van der Waals surface area contributed by atoms with E-state index in [1.165, 1.54) is 4.90 Å². The monoisotopic (exact) mass is 480 g/mol. The number of amides is 2. The fraction of sp³-hybridized carbons (Fsp3) is 0.423. The summed E-state index contributed by atoms with van der Waals surface area (Å²) in [5.74, 6) is -2.40. The Labute approximate surface area is 202 Å². The van der Waals surface area contributed by atoms with E-state index in [0.717, 1.165) is 22.3 Å². The number of nitrogens with one attached hydrogen (secondary N) is 1. The second kappa shape index (κ2) is 9.67. The number of benzene rings is 2. The van der Waals surface area contributed by atoms with Crippen molar-refractivity contribution < 1.29 is 34.1 Å². The molecule has 2 aliphatic heterocycles. The molecule has 2 amide bonds. The number of aliphatic hydroxyl groups is 1. The van der Waals surface area contributed by atoms with Gasteiger partial charge in [-0.2, -0.15) is 0 Å². The van der Waals surface area contributed by atoms with Gasteiger partial charge in [-0.05, 0) is 35.1 Å². The molecule has 2 unspecified atom stereocenters. The van der Waals surface area contributed by atoms with Crippen molar-refractivity contribution in [2.24, 2.45) is 5.92 Å². The predicted octanol–water partition coefficient (Wildman–Crippen LogP) is 1.98. The van der Waals surface area contributed by atoms with Crippen LogP contribution in [0.1, 0.15) is 29.9 Å². The number of β-amino-alcohol motifs (C(OH)–C–C–N with tert-alkyl or cyclic N) is 1. The smallest absolute Gasteiger partial charge is 0.407 e. The van der Waals surface area contributed by atoms with Crippen molar-refractivity contribution in [1.82, 2.24) is 10.2 Å². The Morgan fingerprint density at radius 2 is 1.69 bits per heavy atom. The summed E-state index contributed by atoms with van der Waals surface area (Å²) in [6.07, 6.45) is -1.97. The first-order chi connectivity index (χ1) is 16.9. The van der Waals surface area contributed by atoms with Gasteiger partial charge in [0.05, 0.1) is 18.1 Å². The van der Waals surface area contributed by atoms with Crippen LogP contribution in [-0.4, -0.2) is 77.6 Å². The Hall–Kier alpha value is -3.43. The Balaban J connectivity index is 1.21. The molecule has 0 radical (unpaired) electrons. The fourth-order valence-electron chi connectivity index (χ4n) is 5.38. The quantitative estimate of drug-likeness (QED) is 0.598. The van der Waals surface area contributed by atoms with E-state index in [1.807, 2.05) is 36.4 Å². The zero-order valence-corrected chi connectivity index (χ0v) is 19.1. The number of aliphatic carboxylic acids is 1. The number of likely N-dealkylation sites (tertiary alicyclic amines) is 1. The van der Waals surface area contributed by atoms with Gasteiger partial charge in [0.15, 0.2) is 6.10 Å². The molecule has 0 saturated carbocycles. The zero-order chi connectivity index (χ0) is 24.5. The third-order valence-corrected chi connectivity index (χ3v) is 7.07. The van der Waals surface area contributed by atoms with Gasteiger partial charge in [-0.3, -0.25) is 9.59 Å². The van der Waals surface area contributed by atoms with E-state index < -0.39 is 42.1 Å². The SMILES string of the molecule is O=C(N[C@H]1CCO[C@H]1C(=O)N1CC(O)CC(C(=O)O)C1)OCC1c2ccccc2-c2ccccc21. The molecule has 35 heavy (non-hydrogen) atoms. The van der Waals surface area contributed by atoms with Crippen molar-refractivity contribution in [3.05, 3.63) is 59.7 Å². The number of carboxylic acid groups (broad SMARTS) is 1. The maximum atomic E-state index is 13.1. The molecule has 0 aromatic heterocycles. The topological polar surface area (TPSA) is 125 Å². The van der Waals surface area contributed by atoms with Crippen LogP contribution < -0.4 is 5.32 Å². The molecule has 5 rings (SSSR count). The van der Waals surface area contributed by atoms with Gasteiger partial charge in [0.2, 0.25) is 0 Å². The highest BCUT2D eigenvalue weighted by molar-refractivity contribution is 5.84. The highest BCUT2D eigenvalue weighted by Gasteiger charge is 2.41. The lowest BCUT2D eigenvalue weighted by atomic mass is 9.95. The van der Waals surface area contributed by atoms with E-state index in [2.05, 4.69) is 17.4 Å². The summed E-state index contributed by atoms with van der Waals surface area (Å²) in [5.41, 5.74) is 4.48. The summed E-state index contributed by atoms with van der Waals surface area (Å²) in [5, 5.41) is 22.1. The van der Waals surface area contributed by atoms with Gasteiger partial charge in [0.1, 0.15) is 6.61 Å². The van der Waals surface area contributed by atoms with E-state index in [0.29, 0.717) is 6.42 Å². The number of rotatable bonds is 5. The van der Waals surface area contributed by atoms with Crippen LogP contribution >= 0.6 is 0 Å². The highest BCUT2D eigenvalue weighted by atomic mass is 16.6. The maximum Gasteiger partial charge on any atom is 0.407 e. The van der Waals surface area contributed by atoms with Crippen molar-refractivity contribution in [1.29, 1.82) is 0 Å². The number of piperidine rings is 1. The lowest BCUT2D eigenvalue weighted by Crippen LogP contribution is -2.55. The molecule has 2 saturated heterocycles. The number of aliphatic hydroxyl groups excluding tert-OH is 1. The summed E-state index contributed by atoms with van der Waals surface area (Å²) in [4.78, 5) is 38.4. The first-order valence-corrected chi connectivity index (χ1v) is 11.8. The van der Waals surface area contributed by atoms with Crippen LogP contribution in [0.3, 0.4) is 0 Å². The lowest BCUT2D eigenvalue weighted by Gasteiger charge is -2.35. The number of carbonyl (C=O) groups excluding carboxylic acids is 2. The van der Waals surface area contributed by atoms with Crippen molar-refractivity contribution in [2.45, 2.75) is 37.0 Å². The van der Waals surface area contributed by atoms with Crippen LogP contribution in [0.5, 0.6) is 0 Å². The third kappa shape index (κ3) is 4.61. The molecule has 2 fully saturated rings. The van der Waals surface area contributed by atoms with E-state index >= 15 is 0 Å². The van der Waals surface area contributed by atoms with Gasteiger partial charge in [0, 0.05) is 25.6 Å².